The van der Waals surface area contributed by atoms with Gasteiger partial charge in [0.05, 0.1) is 6.04 Å². The Morgan fingerprint density at radius 2 is 2.36 bits per heavy atom. The van der Waals surface area contributed by atoms with E-state index in [4.69, 9.17) is 17.1 Å². The molecule has 0 bridgehead atoms. The van der Waals surface area contributed by atoms with Gasteiger partial charge in [0.25, 0.3) is 0 Å². The van der Waals surface area contributed by atoms with Gasteiger partial charge in [-0.25, -0.2) is 0 Å². The van der Waals surface area contributed by atoms with E-state index in [1.807, 2.05) is 0 Å². The summed E-state index contributed by atoms with van der Waals surface area (Å²) in [5.74, 6) is 0. The molecule has 0 fully saturated rings. The highest BCUT2D eigenvalue weighted by molar-refractivity contribution is 6.20. The molecule has 0 aliphatic heterocycles. The van der Waals surface area contributed by atoms with E-state index in [0.29, 0.717) is 12.1 Å². The van der Waals surface area contributed by atoms with Crippen LogP contribution in [0.25, 0.3) is 10.4 Å². The molecular formula is C9H13ClN4. The van der Waals surface area contributed by atoms with Crippen LogP contribution in [0, 0.1) is 0 Å². The largest absolute Gasteiger partial charge is 0.269 e. The SMILES string of the molecule is C=C/C=C(\C[C@@H](N=[N+]=[N-])C(C)Cl)N=C. The van der Waals surface area contributed by atoms with Gasteiger partial charge in [-0.1, -0.05) is 17.8 Å². The molecule has 14 heavy (non-hydrogen) atoms. The molecule has 0 spiro atoms. The van der Waals surface area contributed by atoms with E-state index >= 15 is 0 Å². The number of halogens is 1. The topological polar surface area (TPSA) is 61.1 Å². The lowest BCUT2D eigenvalue weighted by atomic mass is 10.1. The molecule has 0 radical (unpaired) electrons. The quantitative estimate of drug-likeness (QED) is 0.162. The summed E-state index contributed by atoms with van der Waals surface area (Å²) in [7, 11) is 0. The van der Waals surface area contributed by atoms with Crippen LogP contribution in [0.1, 0.15) is 13.3 Å². The van der Waals surface area contributed by atoms with Crippen LogP contribution in [0.5, 0.6) is 0 Å². The summed E-state index contributed by atoms with van der Waals surface area (Å²) < 4.78 is 0. The molecule has 0 aromatic rings. The summed E-state index contributed by atoms with van der Waals surface area (Å²) in [5.41, 5.74) is 9.03. The lowest BCUT2D eigenvalue weighted by molar-refractivity contribution is 0.643. The van der Waals surface area contributed by atoms with Crippen molar-refractivity contribution in [2.75, 3.05) is 0 Å². The highest BCUT2D eigenvalue weighted by atomic mass is 35.5. The third kappa shape index (κ3) is 4.70. The van der Waals surface area contributed by atoms with Crippen LogP contribution in [0.15, 0.2) is 34.5 Å². The zero-order valence-electron chi connectivity index (χ0n) is 8.10. The molecule has 0 aromatic heterocycles. The maximum atomic E-state index is 8.31. The van der Waals surface area contributed by atoms with Crippen molar-refractivity contribution in [3.8, 4) is 0 Å². The van der Waals surface area contributed by atoms with Crippen molar-refractivity contribution in [2.24, 2.45) is 10.1 Å². The first kappa shape index (κ1) is 12.8. The molecule has 0 aromatic carbocycles. The van der Waals surface area contributed by atoms with Crippen LogP contribution in [0.4, 0.5) is 0 Å². The Kier molecular flexibility index (Phi) is 6.54. The Hall–Kier alpha value is -1.25. The second kappa shape index (κ2) is 7.18. The normalized spacial score (nSPS) is 15.1. The van der Waals surface area contributed by atoms with Crippen LogP contribution in [0.3, 0.4) is 0 Å². The summed E-state index contributed by atoms with van der Waals surface area (Å²) in [6, 6.07) is -0.307. The van der Waals surface area contributed by atoms with Crippen molar-refractivity contribution in [1.82, 2.24) is 0 Å². The molecule has 0 heterocycles. The van der Waals surface area contributed by atoms with Crippen molar-refractivity contribution in [1.29, 1.82) is 0 Å². The Morgan fingerprint density at radius 1 is 1.71 bits per heavy atom. The lowest BCUT2D eigenvalue weighted by Gasteiger charge is -2.12. The van der Waals surface area contributed by atoms with Crippen LogP contribution in [-0.2, 0) is 0 Å². The average Bonchev–Trinajstić information content (AvgIpc) is 2.15. The standard InChI is InChI=1S/C9H13ClN4/c1-4-5-8(12-3)6-9(7(2)10)13-14-11/h4-5,7,9H,1,3,6H2,2H3/b8-5+/t7?,9-/m1/s1. The van der Waals surface area contributed by atoms with E-state index in [-0.39, 0.29) is 11.4 Å². The van der Waals surface area contributed by atoms with Crippen molar-refractivity contribution < 1.29 is 0 Å². The first-order valence-corrected chi connectivity index (χ1v) is 4.56. The van der Waals surface area contributed by atoms with Crippen molar-refractivity contribution in [2.45, 2.75) is 24.8 Å². The summed E-state index contributed by atoms with van der Waals surface area (Å²) in [6.45, 7) is 8.73. The molecule has 0 amide bonds. The van der Waals surface area contributed by atoms with Crippen LogP contribution >= 0.6 is 11.6 Å². The number of nitrogens with zero attached hydrogens (tertiary/aromatic N) is 4. The maximum absolute atomic E-state index is 8.31. The molecule has 4 nitrogen and oxygen atoms in total. The molecule has 0 aliphatic carbocycles. The third-order valence-corrected chi connectivity index (χ3v) is 1.95. The van der Waals surface area contributed by atoms with E-state index in [1.54, 1.807) is 19.1 Å². The van der Waals surface area contributed by atoms with Gasteiger partial charge in [0.2, 0.25) is 0 Å². The van der Waals surface area contributed by atoms with Gasteiger partial charge in [-0.3, -0.25) is 4.99 Å². The van der Waals surface area contributed by atoms with Crippen molar-refractivity contribution in [3.63, 3.8) is 0 Å². The van der Waals surface area contributed by atoms with Crippen LogP contribution < -0.4 is 0 Å². The number of hydrogen-bond donors (Lipinski definition) is 0. The molecule has 0 saturated carbocycles. The fourth-order valence-electron chi connectivity index (χ4n) is 0.897. The molecule has 76 valence electrons. The van der Waals surface area contributed by atoms with Gasteiger partial charge in [-0.15, -0.1) is 11.6 Å². The zero-order valence-corrected chi connectivity index (χ0v) is 8.85. The number of alkyl halides is 1. The monoisotopic (exact) mass is 212 g/mol. The van der Waals surface area contributed by atoms with Gasteiger partial charge >= 0.3 is 0 Å². The predicted molar refractivity (Wildman–Crippen MR) is 60.7 cm³/mol. The number of allylic oxidation sites excluding steroid dienone is 2. The zero-order chi connectivity index (χ0) is 11.0. The van der Waals surface area contributed by atoms with Crippen molar-refractivity contribution >= 4 is 18.3 Å². The summed E-state index contributed by atoms with van der Waals surface area (Å²) in [4.78, 5) is 6.51. The summed E-state index contributed by atoms with van der Waals surface area (Å²) >= 11 is 5.84. The van der Waals surface area contributed by atoms with Gasteiger partial charge in [-0.2, -0.15) is 0 Å². The fraction of sp³-hybridized carbons (Fsp3) is 0.444. The lowest BCUT2D eigenvalue weighted by Crippen LogP contribution is -2.15. The van der Waals surface area contributed by atoms with E-state index < -0.39 is 0 Å². The molecule has 1 unspecified atom stereocenters. The van der Waals surface area contributed by atoms with Crippen LogP contribution in [0.2, 0.25) is 0 Å². The first-order chi connectivity index (χ1) is 6.65. The summed E-state index contributed by atoms with van der Waals surface area (Å²) in [6.07, 6.45) is 3.80. The number of aliphatic imine (C=N–C) groups is 1. The first-order valence-electron chi connectivity index (χ1n) is 4.12. The fourth-order valence-corrected chi connectivity index (χ4v) is 1.04. The molecule has 0 saturated heterocycles. The molecule has 5 heteroatoms. The Bertz CT molecular complexity index is 277. The Morgan fingerprint density at radius 3 is 2.71 bits per heavy atom. The number of rotatable bonds is 6. The highest BCUT2D eigenvalue weighted by Gasteiger charge is 2.14. The van der Waals surface area contributed by atoms with Gasteiger partial charge in [0.1, 0.15) is 0 Å². The minimum atomic E-state index is -0.307. The van der Waals surface area contributed by atoms with E-state index in [1.165, 1.54) is 0 Å². The molecular weight excluding hydrogens is 200 g/mol. The van der Waals surface area contributed by atoms with Gasteiger partial charge in [0.15, 0.2) is 0 Å². The predicted octanol–water partition coefficient (Wildman–Crippen LogP) is 3.45. The van der Waals surface area contributed by atoms with Gasteiger partial charge in [-0.05, 0) is 31.7 Å². The molecule has 0 rings (SSSR count). The van der Waals surface area contributed by atoms with Crippen LogP contribution in [-0.4, -0.2) is 18.1 Å². The second-order valence-corrected chi connectivity index (χ2v) is 3.39. The molecule has 2 atom stereocenters. The van der Waals surface area contributed by atoms with E-state index in [2.05, 4.69) is 28.3 Å². The van der Waals surface area contributed by atoms with Gasteiger partial charge in [0, 0.05) is 16.0 Å². The third-order valence-electron chi connectivity index (χ3n) is 1.66. The average molecular weight is 213 g/mol. The summed E-state index contributed by atoms with van der Waals surface area (Å²) in [5, 5.41) is 3.34. The Balaban J connectivity index is 4.56. The smallest absolute Gasteiger partial charge is 0.0590 e. The van der Waals surface area contributed by atoms with Crippen molar-refractivity contribution in [3.05, 3.63) is 34.9 Å². The van der Waals surface area contributed by atoms with Gasteiger partial charge < -0.3 is 0 Å². The number of azide groups is 1. The molecule has 0 aliphatic rings. The molecule has 0 N–H and O–H groups in total. The highest BCUT2D eigenvalue weighted by Crippen LogP contribution is 2.16. The van der Waals surface area contributed by atoms with E-state index in [0.717, 1.165) is 0 Å². The maximum Gasteiger partial charge on any atom is 0.0590 e. The second-order valence-electron chi connectivity index (χ2n) is 2.71. The van der Waals surface area contributed by atoms with E-state index in [9.17, 15) is 0 Å². The minimum Gasteiger partial charge on any atom is -0.269 e. The minimum absolute atomic E-state index is 0.235. The number of hydrogen-bond acceptors (Lipinski definition) is 2. The Labute approximate surface area is 88.6 Å².